The van der Waals surface area contributed by atoms with E-state index in [1.54, 1.807) is 0 Å². The standard InChI is InChI=1S/C12H16O3/c1-9-6-4-5-7-11(9)15-10(2)8-12(13)14-3/h4-7,10H,8H2,1-3H3. The molecule has 0 bridgehead atoms. The van der Waals surface area contributed by atoms with Gasteiger partial charge in [0, 0.05) is 0 Å². The van der Waals surface area contributed by atoms with Crippen molar-refractivity contribution in [2.45, 2.75) is 26.4 Å². The van der Waals surface area contributed by atoms with Crippen LogP contribution in [0.3, 0.4) is 0 Å². The molecule has 1 aromatic carbocycles. The van der Waals surface area contributed by atoms with Crippen LogP contribution in [0.4, 0.5) is 0 Å². The molecule has 1 rings (SSSR count). The molecule has 0 saturated heterocycles. The van der Waals surface area contributed by atoms with E-state index >= 15 is 0 Å². The number of aryl methyl sites for hydroxylation is 1. The summed E-state index contributed by atoms with van der Waals surface area (Å²) in [7, 11) is 1.38. The Balaban J connectivity index is 2.55. The molecule has 0 N–H and O–H groups in total. The van der Waals surface area contributed by atoms with Crippen LogP contribution in [0.5, 0.6) is 5.75 Å². The fourth-order valence-electron chi connectivity index (χ4n) is 1.27. The maximum absolute atomic E-state index is 11.0. The van der Waals surface area contributed by atoms with E-state index in [1.807, 2.05) is 38.1 Å². The van der Waals surface area contributed by atoms with Gasteiger partial charge in [0.05, 0.1) is 13.5 Å². The monoisotopic (exact) mass is 208 g/mol. The number of hydrogen-bond acceptors (Lipinski definition) is 3. The Bertz CT molecular complexity index is 333. The zero-order valence-electron chi connectivity index (χ0n) is 9.32. The number of ether oxygens (including phenoxy) is 2. The Kier molecular flexibility index (Phi) is 4.16. The van der Waals surface area contributed by atoms with Gasteiger partial charge in [0.25, 0.3) is 0 Å². The molecule has 1 atom stereocenters. The van der Waals surface area contributed by atoms with Crippen LogP contribution in [0.2, 0.25) is 0 Å². The van der Waals surface area contributed by atoms with E-state index < -0.39 is 0 Å². The van der Waals surface area contributed by atoms with Gasteiger partial charge in [-0.2, -0.15) is 0 Å². The topological polar surface area (TPSA) is 35.5 Å². The Morgan fingerprint density at radius 3 is 2.67 bits per heavy atom. The minimum absolute atomic E-state index is 0.168. The van der Waals surface area contributed by atoms with Gasteiger partial charge in [-0.25, -0.2) is 0 Å². The summed E-state index contributed by atoms with van der Waals surface area (Å²) >= 11 is 0. The van der Waals surface area contributed by atoms with Crippen LogP contribution in [0.15, 0.2) is 24.3 Å². The summed E-state index contributed by atoms with van der Waals surface area (Å²) in [5, 5.41) is 0. The summed E-state index contributed by atoms with van der Waals surface area (Å²) < 4.78 is 10.2. The highest BCUT2D eigenvalue weighted by Gasteiger charge is 2.11. The fourth-order valence-corrected chi connectivity index (χ4v) is 1.27. The third-order valence-corrected chi connectivity index (χ3v) is 2.10. The molecule has 3 nitrogen and oxygen atoms in total. The number of carbonyl (C=O) groups is 1. The first kappa shape index (κ1) is 11.6. The van der Waals surface area contributed by atoms with Crippen molar-refractivity contribution in [2.75, 3.05) is 7.11 Å². The second-order valence-electron chi connectivity index (χ2n) is 3.47. The molecule has 0 radical (unpaired) electrons. The average molecular weight is 208 g/mol. The van der Waals surface area contributed by atoms with Crippen molar-refractivity contribution in [2.24, 2.45) is 0 Å². The lowest BCUT2D eigenvalue weighted by Crippen LogP contribution is -2.18. The number of methoxy groups -OCH3 is 1. The van der Waals surface area contributed by atoms with E-state index in [2.05, 4.69) is 4.74 Å². The van der Waals surface area contributed by atoms with Gasteiger partial charge in [0.2, 0.25) is 0 Å². The van der Waals surface area contributed by atoms with Gasteiger partial charge in [-0.1, -0.05) is 18.2 Å². The summed E-state index contributed by atoms with van der Waals surface area (Å²) in [6.07, 6.45) is 0.101. The van der Waals surface area contributed by atoms with Crippen molar-refractivity contribution in [1.82, 2.24) is 0 Å². The first-order chi connectivity index (χ1) is 7.13. The van der Waals surface area contributed by atoms with Crippen LogP contribution in [-0.4, -0.2) is 19.2 Å². The predicted octanol–water partition coefficient (Wildman–Crippen LogP) is 2.33. The molecular weight excluding hydrogens is 192 g/mol. The van der Waals surface area contributed by atoms with Crippen molar-refractivity contribution in [1.29, 1.82) is 0 Å². The molecule has 0 amide bonds. The second-order valence-corrected chi connectivity index (χ2v) is 3.47. The summed E-state index contributed by atoms with van der Waals surface area (Å²) in [6.45, 7) is 3.82. The maximum Gasteiger partial charge on any atom is 0.309 e. The number of para-hydroxylation sites is 1. The largest absolute Gasteiger partial charge is 0.490 e. The molecule has 0 aliphatic carbocycles. The van der Waals surface area contributed by atoms with Crippen molar-refractivity contribution < 1.29 is 14.3 Å². The third-order valence-electron chi connectivity index (χ3n) is 2.10. The smallest absolute Gasteiger partial charge is 0.309 e. The lowest BCUT2D eigenvalue weighted by atomic mass is 10.2. The molecule has 82 valence electrons. The van der Waals surface area contributed by atoms with Crippen molar-refractivity contribution in [3.63, 3.8) is 0 Å². The minimum Gasteiger partial charge on any atom is -0.490 e. The highest BCUT2D eigenvalue weighted by Crippen LogP contribution is 2.18. The molecule has 0 saturated carbocycles. The van der Waals surface area contributed by atoms with Gasteiger partial charge in [-0.15, -0.1) is 0 Å². The lowest BCUT2D eigenvalue weighted by Gasteiger charge is -2.14. The van der Waals surface area contributed by atoms with E-state index in [4.69, 9.17) is 4.74 Å². The predicted molar refractivity (Wildman–Crippen MR) is 57.9 cm³/mol. The van der Waals surface area contributed by atoms with E-state index in [0.717, 1.165) is 11.3 Å². The SMILES string of the molecule is COC(=O)CC(C)Oc1ccccc1C. The molecule has 1 aromatic rings. The molecular formula is C12H16O3. The number of esters is 1. The molecule has 0 spiro atoms. The van der Waals surface area contributed by atoms with Crippen LogP contribution in [0, 0.1) is 6.92 Å². The van der Waals surface area contributed by atoms with Gasteiger partial charge in [-0.3, -0.25) is 4.79 Å². The first-order valence-electron chi connectivity index (χ1n) is 4.92. The normalized spacial score (nSPS) is 11.9. The number of hydrogen-bond donors (Lipinski definition) is 0. The Hall–Kier alpha value is -1.51. The second kappa shape index (κ2) is 5.39. The van der Waals surface area contributed by atoms with Crippen LogP contribution >= 0.6 is 0 Å². The zero-order chi connectivity index (χ0) is 11.3. The van der Waals surface area contributed by atoms with E-state index in [-0.39, 0.29) is 18.5 Å². The highest BCUT2D eigenvalue weighted by atomic mass is 16.5. The minimum atomic E-state index is -0.254. The number of carbonyl (C=O) groups excluding carboxylic acids is 1. The number of benzene rings is 1. The Labute approximate surface area is 90.0 Å². The molecule has 3 heteroatoms. The molecule has 0 aromatic heterocycles. The van der Waals surface area contributed by atoms with Gasteiger partial charge in [0.15, 0.2) is 0 Å². The third kappa shape index (κ3) is 3.62. The van der Waals surface area contributed by atoms with E-state index in [9.17, 15) is 4.79 Å². The van der Waals surface area contributed by atoms with E-state index in [1.165, 1.54) is 7.11 Å². The molecule has 0 heterocycles. The highest BCUT2D eigenvalue weighted by molar-refractivity contribution is 5.69. The molecule has 0 fully saturated rings. The van der Waals surface area contributed by atoms with Crippen molar-refractivity contribution in [3.8, 4) is 5.75 Å². The van der Waals surface area contributed by atoms with Gasteiger partial charge < -0.3 is 9.47 Å². The van der Waals surface area contributed by atoms with Gasteiger partial charge in [0.1, 0.15) is 11.9 Å². The first-order valence-corrected chi connectivity index (χ1v) is 4.92. The molecule has 0 aliphatic rings. The van der Waals surface area contributed by atoms with Crippen LogP contribution < -0.4 is 4.74 Å². The van der Waals surface area contributed by atoms with Crippen LogP contribution in [0.1, 0.15) is 18.9 Å². The molecule has 15 heavy (non-hydrogen) atoms. The van der Waals surface area contributed by atoms with Crippen molar-refractivity contribution >= 4 is 5.97 Å². The fraction of sp³-hybridized carbons (Fsp3) is 0.417. The zero-order valence-corrected chi connectivity index (χ0v) is 9.32. The Morgan fingerprint density at radius 2 is 2.07 bits per heavy atom. The van der Waals surface area contributed by atoms with E-state index in [0.29, 0.717) is 0 Å². The lowest BCUT2D eigenvalue weighted by molar-refractivity contribution is -0.142. The van der Waals surface area contributed by atoms with Crippen LogP contribution in [-0.2, 0) is 9.53 Å². The quantitative estimate of drug-likeness (QED) is 0.712. The molecule has 0 aliphatic heterocycles. The van der Waals surface area contributed by atoms with Gasteiger partial charge in [-0.05, 0) is 25.5 Å². The van der Waals surface area contributed by atoms with Gasteiger partial charge >= 0.3 is 5.97 Å². The average Bonchev–Trinajstić information content (AvgIpc) is 2.21. The Morgan fingerprint density at radius 1 is 1.40 bits per heavy atom. The van der Waals surface area contributed by atoms with Crippen LogP contribution in [0.25, 0.3) is 0 Å². The number of rotatable bonds is 4. The van der Waals surface area contributed by atoms with Crippen molar-refractivity contribution in [3.05, 3.63) is 29.8 Å². The summed E-state index contributed by atoms with van der Waals surface area (Å²) in [5.41, 5.74) is 1.06. The maximum atomic E-state index is 11.0. The summed E-state index contributed by atoms with van der Waals surface area (Å²) in [4.78, 5) is 11.0. The molecule has 1 unspecified atom stereocenters. The summed E-state index contributed by atoms with van der Waals surface area (Å²) in [6, 6.07) is 7.73. The summed E-state index contributed by atoms with van der Waals surface area (Å²) in [5.74, 6) is 0.560.